The van der Waals surface area contributed by atoms with Gasteiger partial charge in [0.25, 0.3) is 5.91 Å². The molecule has 0 bridgehead atoms. The summed E-state index contributed by atoms with van der Waals surface area (Å²) in [6.07, 6.45) is 8.58. The molecule has 2 aromatic heterocycles. The predicted molar refractivity (Wildman–Crippen MR) is 88.1 cm³/mol. The van der Waals surface area contributed by atoms with E-state index in [1.807, 2.05) is 4.90 Å². The van der Waals surface area contributed by atoms with Crippen LogP contribution in [0, 0.1) is 5.92 Å². The highest BCUT2D eigenvalue weighted by molar-refractivity contribution is 9.10. The lowest BCUT2D eigenvalue weighted by Crippen LogP contribution is -2.41. The maximum absolute atomic E-state index is 12.6. The molecule has 2 aromatic rings. The molecule has 0 aromatic carbocycles. The molecule has 1 amide bonds. The Hall–Kier alpha value is -2.02. The third-order valence-corrected chi connectivity index (χ3v) is 4.18. The zero-order valence-corrected chi connectivity index (χ0v) is 14.1. The van der Waals surface area contributed by atoms with Crippen LogP contribution in [0.5, 0.6) is 6.01 Å². The number of carbonyl (C=O) groups is 1. The Morgan fingerprint density at radius 3 is 2.96 bits per heavy atom. The van der Waals surface area contributed by atoms with Crippen molar-refractivity contribution in [2.24, 2.45) is 5.92 Å². The number of ether oxygens (including phenoxy) is 1. The summed E-state index contributed by atoms with van der Waals surface area (Å²) in [5.41, 5.74) is 0.604. The molecule has 0 radical (unpaired) electrons. The molecule has 0 aliphatic carbocycles. The van der Waals surface area contributed by atoms with Crippen LogP contribution in [0.2, 0.25) is 0 Å². The standard InChI is InChI=1S/C16H17BrN4O2/c17-14-7-13(8-18-9-14)15(22)21-6-1-3-12(10-21)11-23-16-19-4-2-5-20-16/h2,4-5,7-9,12H,1,3,6,10-11H2. The van der Waals surface area contributed by atoms with Gasteiger partial charge in [-0.1, -0.05) is 0 Å². The highest BCUT2D eigenvalue weighted by Gasteiger charge is 2.25. The predicted octanol–water partition coefficient (Wildman–Crippen LogP) is 2.57. The number of halogens is 1. The van der Waals surface area contributed by atoms with Gasteiger partial charge < -0.3 is 9.64 Å². The molecule has 1 aliphatic heterocycles. The van der Waals surface area contributed by atoms with E-state index in [0.717, 1.165) is 23.9 Å². The minimum atomic E-state index is 0.0134. The number of rotatable bonds is 4. The first-order valence-corrected chi connectivity index (χ1v) is 8.31. The van der Waals surface area contributed by atoms with Crippen LogP contribution >= 0.6 is 15.9 Å². The largest absolute Gasteiger partial charge is 0.463 e. The zero-order chi connectivity index (χ0) is 16.1. The lowest BCUT2D eigenvalue weighted by atomic mass is 9.98. The molecular formula is C16H17BrN4O2. The van der Waals surface area contributed by atoms with Gasteiger partial charge in [-0.05, 0) is 40.9 Å². The van der Waals surface area contributed by atoms with Crippen molar-refractivity contribution in [3.8, 4) is 6.01 Å². The van der Waals surface area contributed by atoms with Gasteiger partial charge in [0.1, 0.15) is 0 Å². The van der Waals surface area contributed by atoms with Crippen LogP contribution in [0.25, 0.3) is 0 Å². The second-order valence-electron chi connectivity index (χ2n) is 5.49. The third kappa shape index (κ3) is 4.25. The van der Waals surface area contributed by atoms with Gasteiger partial charge in [-0.25, -0.2) is 9.97 Å². The molecule has 7 heteroatoms. The first-order chi connectivity index (χ1) is 11.2. The van der Waals surface area contributed by atoms with Gasteiger partial charge in [0.2, 0.25) is 0 Å². The Kier molecular flexibility index (Phi) is 5.17. The number of pyridine rings is 1. The first kappa shape index (κ1) is 15.9. The summed E-state index contributed by atoms with van der Waals surface area (Å²) in [7, 11) is 0. The second kappa shape index (κ2) is 7.50. The summed E-state index contributed by atoms with van der Waals surface area (Å²) in [6.45, 7) is 1.96. The van der Waals surface area contributed by atoms with E-state index in [1.54, 1.807) is 36.9 Å². The van der Waals surface area contributed by atoms with Crippen molar-refractivity contribution in [1.82, 2.24) is 19.9 Å². The second-order valence-corrected chi connectivity index (χ2v) is 6.41. The Morgan fingerprint density at radius 1 is 1.35 bits per heavy atom. The lowest BCUT2D eigenvalue weighted by molar-refractivity contribution is 0.0628. The number of hydrogen-bond acceptors (Lipinski definition) is 5. The molecule has 6 nitrogen and oxygen atoms in total. The molecule has 1 fully saturated rings. The van der Waals surface area contributed by atoms with Gasteiger partial charge in [-0.2, -0.15) is 0 Å². The molecule has 1 atom stereocenters. The van der Waals surface area contributed by atoms with Crippen LogP contribution in [0.15, 0.2) is 41.4 Å². The molecule has 0 saturated carbocycles. The summed E-state index contributed by atoms with van der Waals surface area (Å²) in [6, 6.07) is 3.93. The summed E-state index contributed by atoms with van der Waals surface area (Å²) < 4.78 is 6.43. The molecule has 1 aliphatic rings. The Morgan fingerprint density at radius 2 is 2.17 bits per heavy atom. The maximum atomic E-state index is 12.6. The number of carbonyl (C=O) groups excluding carboxylic acids is 1. The van der Waals surface area contributed by atoms with Crippen molar-refractivity contribution in [2.75, 3.05) is 19.7 Å². The van der Waals surface area contributed by atoms with Crippen molar-refractivity contribution in [3.63, 3.8) is 0 Å². The van der Waals surface area contributed by atoms with Crippen LogP contribution in [0.3, 0.4) is 0 Å². The number of aromatic nitrogens is 3. The van der Waals surface area contributed by atoms with Crippen LogP contribution < -0.4 is 4.74 Å². The molecular weight excluding hydrogens is 360 g/mol. The highest BCUT2D eigenvalue weighted by atomic mass is 79.9. The average Bonchev–Trinajstić information content (AvgIpc) is 2.60. The Labute approximate surface area is 143 Å². The van der Waals surface area contributed by atoms with Crippen LogP contribution in [0.4, 0.5) is 0 Å². The first-order valence-electron chi connectivity index (χ1n) is 7.52. The molecule has 1 unspecified atom stereocenters. The highest BCUT2D eigenvalue weighted by Crippen LogP contribution is 2.20. The monoisotopic (exact) mass is 376 g/mol. The van der Waals surface area contributed by atoms with Gasteiger partial charge >= 0.3 is 6.01 Å². The number of hydrogen-bond donors (Lipinski definition) is 0. The summed E-state index contributed by atoms with van der Waals surface area (Å²) in [4.78, 5) is 26.6. The van der Waals surface area contributed by atoms with Crippen LogP contribution in [-0.4, -0.2) is 45.5 Å². The smallest absolute Gasteiger partial charge is 0.316 e. The molecule has 0 N–H and O–H groups in total. The fourth-order valence-electron chi connectivity index (χ4n) is 2.65. The van der Waals surface area contributed by atoms with Crippen molar-refractivity contribution >= 4 is 21.8 Å². The van der Waals surface area contributed by atoms with E-state index in [4.69, 9.17) is 4.74 Å². The third-order valence-electron chi connectivity index (χ3n) is 3.75. The Balaban J connectivity index is 1.58. The Bertz CT molecular complexity index is 668. The molecule has 1 saturated heterocycles. The minimum Gasteiger partial charge on any atom is -0.463 e. The topological polar surface area (TPSA) is 68.2 Å². The number of nitrogens with zero attached hydrogens (tertiary/aromatic N) is 4. The van der Waals surface area contributed by atoms with Crippen molar-refractivity contribution in [3.05, 3.63) is 47.0 Å². The van der Waals surface area contributed by atoms with Gasteiger partial charge in [0.05, 0.1) is 12.2 Å². The van der Waals surface area contributed by atoms with Crippen LogP contribution in [0.1, 0.15) is 23.2 Å². The van der Waals surface area contributed by atoms with E-state index >= 15 is 0 Å². The van der Waals surface area contributed by atoms with E-state index in [0.29, 0.717) is 24.7 Å². The normalized spacial score (nSPS) is 17.8. The molecule has 120 valence electrons. The minimum absolute atomic E-state index is 0.0134. The van der Waals surface area contributed by atoms with Gasteiger partial charge in [0.15, 0.2) is 0 Å². The molecule has 23 heavy (non-hydrogen) atoms. The van der Waals surface area contributed by atoms with Crippen molar-refractivity contribution < 1.29 is 9.53 Å². The van der Waals surface area contributed by atoms with E-state index in [9.17, 15) is 4.79 Å². The van der Waals surface area contributed by atoms with E-state index < -0.39 is 0 Å². The quantitative estimate of drug-likeness (QED) is 0.819. The van der Waals surface area contributed by atoms with Gasteiger partial charge in [0, 0.05) is 48.3 Å². The number of amides is 1. The summed E-state index contributed by atoms with van der Waals surface area (Å²) in [5, 5.41) is 0. The van der Waals surface area contributed by atoms with E-state index in [2.05, 4.69) is 30.9 Å². The lowest BCUT2D eigenvalue weighted by Gasteiger charge is -2.32. The maximum Gasteiger partial charge on any atom is 0.316 e. The van der Waals surface area contributed by atoms with Gasteiger partial charge in [-0.15, -0.1) is 0 Å². The molecule has 3 rings (SSSR count). The summed E-state index contributed by atoms with van der Waals surface area (Å²) >= 11 is 3.35. The molecule has 0 spiro atoms. The van der Waals surface area contributed by atoms with Crippen LogP contribution in [-0.2, 0) is 0 Å². The van der Waals surface area contributed by atoms with E-state index in [-0.39, 0.29) is 11.8 Å². The fourth-order valence-corrected chi connectivity index (χ4v) is 3.01. The zero-order valence-electron chi connectivity index (χ0n) is 12.6. The van der Waals surface area contributed by atoms with Crippen molar-refractivity contribution in [2.45, 2.75) is 12.8 Å². The average molecular weight is 377 g/mol. The fraction of sp³-hybridized carbons (Fsp3) is 0.375. The summed E-state index contributed by atoms with van der Waals surface area (Å²) in [5.74, 6) is 0.302. The van der Waals surface area contributed by atoms with Gasteiger partial charge in [-0.3, -0.25) is 9.78 Å². The van der Waals surface area contributed by atoms with E-state index in [1.165, 1.54) is 0 Å². The van der Waals surface area contributed by atoms with Crippen molar-refractivity contribution in [1.29, 1.82) is 0 Å². The number of piperidine rings is 1. The number of likely N-dealkylation sites (tertiary alicyclic amines) is 1. The molecule has 3 heterocycles. The SMILES string of the molecule is O=C(c1cncc(Br)c1)N1CCCC(COc2ncccn2)C1.